The molecule has 21 heavy (non-hydrogen) atoms. The summed E-state index contributed by atoms with van der Waals surface area (Å²) in [6, 6.07) is 4.79. The number of hydrogen-bond acceptors (Lipinski definition) is 4. The first kappa shape index (κ1) is 15.3. The van der Waals surface area contributed by atoms with Crippen molar-refractivity contribution in [1.29, 1.82) is 0 Å². The monoisotopic (exact) mass is 320 g/mol. The van der Waals surface area contributed by atoms with E-state index in [1.54, 1.807) is 0 Å². The number of alkyl halides is 3. The highest BCUT2D eigenvalue weighted by atomic mass is 32.2. The zero-order valence-corrected chi connectivity index (χ0v) is 11.6. The van der Waals surface area contributed by atoms with E-state index in [0.29, 0.717) is 5.56 Å². The standard InChI is InChI=1S/C11H11F3N4O2S/c1-21(19,20)17-10-15-7-18(16-10)6-8-3-2-4-9(5-8)11(12,13)14/h2-5,7H,6H2,1H3,(H,16,17). The lowest BCUT2D eigenvalue weighted by Gasteiger charge is -2.08. The van der Waals surface area contributed by atoms with Crippen LogP contribution in [0.5, 0.6) is 0 Å². The SMILES string of the molecule is CS(=O)(=O)Nc1ncn(Cc2cccc(C(F)(F)F)c2)n1. The molecule has 0 atom stereocenters. The number of nitrogens with one attached hydrogen (secondary N) is 1. The van der Waals surface area contributed by atoms with Gasteiger partial charge in [-0.15, -0.1) is 5.10 Å². The Hall–Kier alpha value is -2.10. The summed E-state index contributed by atoms with van der Waals surface area (Å²) < 4.78 is 63.1. The average molecular weight is 320 g/mol. The van der Waals surface area contributed by atoms with Gasteiger partial charge >= 0.3 is 6.18 Å². The second kappa shape index (κ2) is 5.35. The molecular formula is C11H11F3N4O2S. The van der Waals surface area contributed by atoms with Crippen molar-refractivity contribution < 1.29 is 21.6 Å². The van der Waals surface area contributed by atoms with Crippen LogP contribution in [0, 0.1) is 0 Å². The zero-order chi connectivity index (χ0) is 15.7. The van der Waals surface area contributed by atoms with Crippen LogP contribution in [0.4, 0.5) is 19.1 Å². The van der Waals surface area contributed by atoms with Crippen molar-refractivity contribution in [2.75, 3.05) is 11.0 Å². The van der Waals surface area contributed by atoms with Crippen LogP contribution in [0.2, 0.25) is 0 Å². The van der Waals surface area contributed by atoms with Gasteiger partial charge in [0.1, 0.15) is 6.33 Å². The van der Waals surface area contributed by atoms with E-state index in [2.05, 4.69) is 14.8 Å². The minimum Gasteiger partial charge on any atom is -0.250 e. The van der Waals surface area contributed by atoms with E-state index in [4.69, 9.17) is 0 Å². The number of anilines is 1. The maximum Gasteiger partial charge on any atom is 0.416 e. The summed E-state index contributed by atoms with van der Waals surface area (Å²) in [6.45, 7) is 0.0440. The number of nitrogens with zero attached hydrogens (tertiary/aromatic N) is 3. The quantitative estimate of drug-likeness (QED) is 0.930. The fourth-order valence-electron chi connectivity index (χ4n) is 1.62. The zero-order valence-electron chi connectivity index (χ0n) is 10.8. The highest BCUT2D eigenvalue weighted by molar-refractivity contribution is 7.91. The number of sulfonamides is 1. The van der Waals surface area contributed by atoms with Gasteiger partial charge in [-0.25, -0.2) is 13.1 Å². The Balaban J connectivity index is 2.16. The summed E-state index contributed by atoms with van der Waals surface area (Å²) in [5.74, 6) is -0.135. The van der Waals surface area contributed by atoms with Gasteiger partial charge in [0.05, 0.1) is 18.4 Å². The third-order valence-corrected chi connectivity index (χ3v) is 2.97. The summed E-state index contributed by atoms with van der Waals surface area (Å²) in [7, 11) is -3.50. The van der Waals surface area contributed by atoms with Crippen LogP contribution in [0.15, 0.2) is 30.6 Å². The maximum atomic E-state index is 12.6. The van der Waals surface area contributed by atoms with E-state index in [9.17, 15) is 21.6 Å². The molecule has 1 aromatic heterocycles. The molecule has 0 aliphatic rings. The van der Waals surface area contributed by atoms with Crippen LogP contribution in [0.1, 0.15) is 11.1 Å². The van der Waals surface area contributed by atoms with Gasteiger partial charge in [-0.05, 0) is 17.7 Å². The molecule has 6 nitrogen and oxygen atoms in total. The molecule has 0 saturated carbocycles. The van der Waals surface area contributed by atoms with Crippen LogP contribution >= 0.6 is 0 Å². The Kier molecular flexibility index (Phi) is 3.90. The first-order valence-electron chi connectivity index (χ1n) is 5.67. The molecule has 0 radical (unpaired) electrons. The third-order valence-electron chi connectivity index (χ3n) is 2.41. The second-order valence-electron chi connectivity index (χ2n) is 4.34. The molecule has 2 aromatic rings. The largest absolute Gasteiger partial charge is 0.416 e. The van der Waals surface area contributed by atoms with E-state index in [-0.39, 0.29) is 12.5 Å². The predicted molar refractivity (Wildman–Crippen MR) is 69.0 cm³/mol. The average Bonchev–Trinajstić information content (AvgIpc) is 2.73. The first-order valence-corrected chi connectivity index (χ1v) is 7.56. The van der Waals surface area contributed by atoms with E-state index < -0.39 is 21.8 Å². The van der Waals surface area contributed by atoms with Crippen molar-refractivity contribution in [3.05, 3.63) is 41.7 Å². The molecule has 0 spiro atoms. The van der Waals surface area contributed by atoms with Gasteiger partial charge in [0.15, 0.2) is 0 Å². The normalized spacial score (nSPS) is 12.4. The number of halogens is 3. The van der Waals surface area contributed by atoms with Crippen LogP contribution in [-0.4, -0.2) is 29.4 Å². The molecule has 2 rings (SSSR count). The lowest BCUT2D eigenvalue weighted by molar-refractivity contribution is -0.137. The molecule has 0 aliphatic heterocycles. The van der Waals surface area contributed by atoms with Crippen LogP contribution < -0.4 is 4.72 Å². The van der Waals surface area contributed by atoms with Gasteiger partial charge in [-0.3, -0.25) is 4.72 Å². The summed E-state index contributed by atoms with van der Waals surface area (Å²) >= 11 is 0. The van der Waals surface area contributed by atoms with Gasteiger partial charge < -0.3 is 0 Å². The highest BCUT2D eigenvalue weighted by Gasteiger charge is 2.30. The molecule has 114 valence electrons. The van der Waals surface area contributed by atoms with Crippen LogP contribution in [-0.2, 0) is 22.7 Å². The predicted octanol–water partition coefficient (Wildman–Crippen LogP) is 1.72. The fourth-order valence-corrected chi connectivity index (χ4v) is 2.04. The van der Waals surface area contributed by atoms with Crippen molar-refractivity contribution in [2.45, 2.75) is 12.7 Å². The van der Waals surface area contributed by atoms with Crippen LogP contribution in [0.25, 0.3) is 0 Å². The molecule has 1 N–H and O–H groups in total. The van der Waals surface area contributed by atoms with Crippen molar-refractivity contribution in [3.63, 3.8) is 0 Å². The lowest BCUT2D eigenvalue weighted by Crippen LogP contribution is -2.11. The fraction of sp³-hybridized carbons (Fsp3) is 0.273. The maximum absolute atomic E-state index is 12.6. The number of aromatic nitrogens is 3. The van der Waals surface area contributed by atoms with Gasteiger partial charge in [0.25, 0.3) is 5.95 Å². The van der Waals surface area contributed by atoms with Gasteiger partial charge in [0, 0.05) is 0 Å². The Morgan fingerprint density at radius 1 is 1.33 bits per heavy atom. The molecule has 0 saturated heterocycles. The molecule has 0 fully saturated rings. The molecule has 0 bridgehead atoms. The van der Waals surface area contributed by atoms with E-state index in [1.807, 2.05) is 0 Å². The lowest BCUT2D eigenvalue weighted by atomic mass is 10.1. The van der Waals surface area contributed by atoms with Gasteiger partial charge in [-0.2, -0.15) is 18.2 Å². The summed E-state index contributed by atoms with van der Waals surface area (Å²) in [4.78, 5) is 3.71. The Morgan fingerprint density at radius 3 is 2.67 bits per heavy atom. The summed E-state index contributed by atoms with van der Waals surface area (Å²) in [5.41, 5.74) is -0.379. The Labute approximate surface area is 118 Å². The molecule has 10 heteroatoms. The first-order chi connectivity index (χ1) is 9.63. The molecule has 0 aliphatic carbocycles. The summed E-state index contributed by atoms with van der Waals surface area (Å²) in [5, 5.41) is 3.82. The number of rotatable bonds is 4. The number of benzene rings is 1. The van der Waals surface area contributed by atoms with Crippen molar-refractivity contribution in [1.82, 2.24) is 14.8 Å². The molecule has 1 heterocycles. The Morgan fingerprint density at radius 2 is 2.05 bits per heavy atom. The summed E-state index contributed by atoms with van der Waals surface area (Å²) in [6.07, 6.45) is -2.24. The molecule has 0 amide bonds. The molecule has 1 aromatic carbocycles. The van der Waals surface area contributed by atoms with E-state index in [1.165, 1.54) is 23.1 Å². The molecular weight excluding hydrogens is 309 g/mol. The smallest absolute Gasteiger partial charge is 0.250 e. The van der Waals surface area contributed by atoms with E-state index >= 15 is 0 Å². The third kappa shape index (κ3) is 4.45. The van der Waals surface area contributed by atoms with Crippen molar-refractivity contribution >= 4 is 16.0 Å². The second-order valence-corrected chi connectivity index (χ2v) is 6.09. The highest BCUT2D eigenvalue weighted by Crippen LogP contribution is 2.29. The topological polar surface area (TPSA) is 76.9 Å². The van der Waals surface area contributed by atoms with Gasteiger partial charge in [0.2, 0.25) is 10.0 Å². The minimum absolute atomic E-state index is 0.0440. The van der Waals surface area contributed by atoms with Crippen LogP contribution in [0.3, 0.4) is 0 Å². The van der Waals surface area contributed by atoms with Gasteiger partial charge in [-0.1, -0.05) is 12.1 Å². The van der Waals surface area contributed by atoms with Crippen molar-refractivity contribution in [2.24, 2.45) is 0 Å². The van der Waals surface area contributed by atoms with E-state index in [0.717, 1.165) is 18.4 Å². The minimum atomic E-state index is -4.42. The number of hydrogen-bond donors (Lipinski definition) is 1. The molecule has 0 unspecified atom stereocenters. The Bertz CT molecular complexity index is 740. The van der Waals surface area contributed by atoms with Crippen molar-refractivity contribution in [3.8, 4) is 0 Å².